The molecule has 0 aliphatic rings. The lowest BCUT2D eigenvalue weighted by Gasteiger charge is -2.15. The van der Waals surface area contributed by atoms with Crippen LogP contribution in [0.25, 0.3) is 0 Å². The van der Waals surface area contributed by atoms with Crippen molar-refractivity contribution in [1.82, 2.24) is 0 Å². The maximum Gasteiger partial charge on any atom is 0.306 e. The summed E-state index contributed by atoms with van der Waals surface area (Å²) >= 11 is 0. The summed E-state index contributed by atoms with van der Waals surface area (Å²) in [7, 11) is 0. The van der Waals surface area contributed by atoms with Gasteiger partial charge in [0, 0.05) is 12.8 Å². The Bertz CT molecular complexity index is 708. The summed E-state index contributed by atoms with van der Waals surface area (Å²) in [5.41, 5.74) is 0. The van der Waals surface area contributed by atoms with E-state index in [4.69, 9.17) is 9.84 Å². The molecular weight excluding hydrogens is 544 g/mol. The zero-order chi connectivity index (χ0) is 32.2. The standard InChI is InChI=1S/C40H72O4/c1-3-5-7-9-10-11-12-13-14-15-16-17-18-19-20-21-22-23-24-25-26-27-33-37-40(43)44-38(34-30-8-6-4-2)35-31-28-29-32-36-39(41)42/h12-13,15-16,30,34,38H,3-11,14,17-29,31-33,35-37H2,1-2H3,(H,41,42)/b13-12-,16-15-,34-30-. The second-order valence-corrected chi connectivity index (χ2v) is 12.8. The minimum absolute atomic E-state index is 0.0724. The van der Waals surface area contributed by atoms with Crippen LogP contribution in [0.5, 0.6) is 0 Å². The average molecular weight is 617 g/mol. The highest BCUT2D eigenvalue weighted by Gasteiger charge is 2.11. The highest BCUT2D eigenvalue weighted by molar-refractivity contribution is 5.69. The number of esters is 1. The van der Waals surface area contributed by atoms with E-state index in [9.17, 15) is 9.59 Å². The van der Waals surface area contributed by atoms with Crippen LogP contribution in [0.4, 0.5) is 0 Å². The van der Waals surface area contributed by atoms with Gasteiger partial charge in [-0.05, 0) is 70.3 Å². The molecule has 4 heteroatoms. The monoisotopic (exact) mass is 617 g/mol. The predicted octanol–water partition coefficient (Wildman–Crippen LogP) is 13.0. The first kappa shape index (κ1) is 42.2. The molecule has 0 aliphatic carbocycles. The zero-order valence-corrected chi connectivity index (χ0v) is 29.2. The first-order valence-corrected chi connectivity index (χ1v) is 19.0. The maximum absolute atomic E-state index is 12.4. The minimum Gasteiger partial charge on any atom is -0.481 e. The van der Waals surface area contributed by atoms with Gasteiger partial charge in [0.25, 0.3) is 0 Å². The van der Waals surface area contributed by atoms with E-state index in [1.807, 2.05) is 0 Å². The van der Waals surface area contributed by atoms with Crippen LogP contribution < -0.4 is 0 Å². The number of carbonyl (C=O) groups excluding carboxylic acids is 1. The number of allylic oxidation sites excluding steroid dienone is 5. The summed E-state index contributed by atoms with van der Waals surface area (Å²) < 4.78 is 5.80. The summed E-state index contributed by atoms with van der Waals surface area (Å²) in [4.78, 5) is 23.1. The van der Waals surface area contributed by atoms with Crippen molar-refractivity contribution in [3.63, 3.8) is 0 Å². The van der Waals surface area contributed by atoms with Crippen LogP contribution >= 0.6 is 0 Å². The Morgan fingerprint density at radius 3 is 1.52 bits per heavy atom. The van der Waals surface area contributed by atoms with Gasteiger partial charge in [-0.2, -0.15) is 0 Å². The molecule has 0 aromatic rings. The van der Waals surface area contributed by atoms with Gasteiger partial charge in [-0.15, -0.1) is 0 Å². The molecule has 44 heavy (non-hydrogen) atoms. The molecule has 0 amide bonds. The summed E-state index contributed by atoms with van der Waals surface area (Å²) in [5, 5.41) is 8.77. The van der Waals surface area contributed by atoms with Gasteiger partial charge in [0.1, 0.15) is 6.10 Å². The largest absolute Gasteiger partial charge is 0.481 e. The minimum atomic E-state index is -0.724. The highest BCUT2D eigenvalue weighted by Crippen LogP contribution is 2.15. The quantitative estimate of drug-likeness (QED) is 0.0444. The third-order valence-corrected chi connectivity index (χ3v) is 8.32. The van der Waals surface area contributed by atoms with E-state index < -0.39 is 5.97 Å². The van der Waals surface area contributed by atoms with Gasteiger partial charge < -0.3 is 9.84 Å². The maximum atomic E-state index is 12.4. The van der Waals surface area contributed by atoms with Crippen LogP contribution in [0.1, 0.15) is 200 Å². The Kier molecular flexibility index (Phi) is 34.1. The van der Waals surface area contributed by atoms with Crippen molar-refractivity contribution in [2.45, 2.75) is 206 Å². The number of hydrogen-bond acceptors (Lipinski definition) is 3. The lowest BCUT2D eigenvalue weighted by atomic mass is 10.0. The smallest absolute Gasteiger partial charge is 0.306 e. The van der Waals surface area contributed by atoms with E-state index >= 15 is 0 Å². The first-order valence-electron chi connectivity index (χ1n) is 19.0. The van der Waals surface area contributed by atoms with Gasteiger partial charge in [0.15, 0.2) is 0 Å². The van der Waals surface area contributed by atoms with E-state index in [2.05, 4.69) is 50.3 Å². The van der Waals surface area contributed by atoms with Crippen LogP contribution in [0, 0.1) is 0 Å². The molecule has 0 radical (unpaired) electrons. The Morgan fingerprint density at radius 1 is 0.523 bits per heavy atom. The zero-order valence-electron chi connectivity index (χ0n) is 29.2. The first-order chi connectivity index (χ1) is 21.6. The summed E-state index contributed by atoms with van der Waals surface area (Å²) in [6.45, 7) is 4.45. The third kappa shape index (κ3) is 34.6. The highest BCUT2D eigenvalue weighted by atomic mass is 16.5. The van der Waals surface area contributed by atoms with Crippen molar-refractivity contribution in [3.8, 4) is 0 Å². The lowest BCUT2D eigenvalue weighted by molar-refractivity contribution is -0.147. The molecule has 1 atom stereocenters. The second kappa shape index (κ2) is 35.6. The molecule has 0 saturated heterocycles. The molecule has 256 valence electrons. The Balaban J connectivity index is 3.67. The van der Waals surface area contributed by atoms with E-state index in [1.54, 1.807) is 0 Å². The molecule has 1 N–H and O–H groups in total. The number of ether oxygens (including phenoxy) is 1. The Hall–Kier alpha value is -1.84. The van der Waals surface area contributed by atoms with E-state index in [-0.39, 0.29) is 18.5 Å². The number of carboxylic acids is 1. The average Bonchev–Trinajstić information content (AvgIpc) is 3.01. The Labute approximate surface area is 273 Å². The van der Waals surface area contributed by atoms with Gasteiger partial charge in [-0.3, -0.25) is 9.59 Å². The number of carbonyl (C=O) groups is 2. The molecule has 0 spiro atoms. The molecule has 1 unspecified atom stereocenters. The predicted molar refractivity (Wildman–Crippen MR) is 190 cm³/mol. The number of unbranched alkanes of at least 4 members (excludes halogenated alkanes) is 21. The van der Waals surface area contributed by atoms with Crippen molar-refractivity contribution >= 4 is 11.9 Å². The van der Waals surface area contributed by atoms with Crippen LogP contribution in [-0.2, 0) is 14.3 Å². The second-order valence-electron chi connectivity index (χ2n) is 12.8. The number of carboxylic acid groups (broad SMARTS) is 1. The molecule has 0 aromatic heterocycles. The van der Waals surface area contributed by atoms with Crippen LogP contribution in [-0.4, -0.2) is 23.1 Å². The van der Waals surface area contributed by atoms with Gasteiger partial charge in [0.05, 0.1) is 0 Å². The van der Waals surface area contributed by atoms with Crippen molar-refractivity contribution in [2.75, 3.05) is 0 Å². The summed E-state index contributed by atoms with van der Waals surface area (Å²) in [5.74, 6) is -0.796. The molecular formula is C40H72O4. The third-order valence-electron chi connectivity index (χ3n) is 8.32. The fourth-order valence-corrected chi connectivity index (χ4v) is 5.46. The summed E-state index contributed by atoms with van der Waals surface area (Å²) in [6.07, 6.45) is 46.3. The van der Waals surface area contributed by atoms with Gasteiger partial charge in [0.2, 0.25) is 0 Å². The molecule has 0 aromatic carbocycles. The summed E-state index contributed by atoms with van der Waals surface area (Å²) in [6, 6.07) is 0. The van der Waals surface area contributed by atoms with Crippen molar-refractivity contribution in [1.29, 1.82) is 0 Å². The van der Waals surface area contributed by atoms with Gasteiger partial charge >= 0.3 is 11.9 Å². The molecule has 0 fully saturated rings. The van der Waals surface area contributed by atoms with Crippen LogP contribution in [0.15, 0.2) is 36.5 Å². The van der Waals surface area contributed by atoms with Gasteiger partial charge in [-0.1, -0.05) is 153 Å². The number of rotatable bonds is 34. The molecule has 4 nitrogen and oxygen atoms in total. The van der Waals surface area contributed by atoms with Crippen molar-refractivity contribution in [2.24, 2.45) is 0 Å². The Morgan fingerprint density at radius 2 is 0.977 bits per heavy atom. The topological polar surface area (TPSA) is 63.6 Å². The van der Waals surface area contributed by atoms with E-state index in [1.165, 1.54) is 103 Å². The fraction of sp³-hybridized carbons (Fsp3) is 0.800. The molecule has 0 bridgehead atoms. The molecule has 0 heterocycles. The molecule has 0 saturated carbocycles. The van der Waals surface area contributed by atoms with Crippen molar-refractivity contribution in [3.05, 3.63) is 36.5 Å². The van der Waals surface area contributed by atoms with Crippen LogP contribution in [0.2, 0.25) is 0 Å². The SMILES string of the molecule is CCCC/C=C\C(CCCCCCC(=O)O)OC(=O)CCCCCCCCCCCCC/C=C\C/C=C\CCCCCCC. The van der Waals surface area contributed by atoms with Gasteiger partial charge in [-0.25, -0.2) is 0 Å². The number of aliphatic carboxylic acids is 1. The normalized spacial score (nSPS) is 12.6. The molecule has 0 aliphatic heterocycles. The number of hydrogen-bond donors (Lipinski definition) is 1. The molecule has 0 rings (SSSR count). The van der Waals surface area contributed by atoms with E-state index in [0.717, 1.165) is 70.6 Å². The van der Waals surface area contributed by atoms with E-state index in [0.29, 0.717) is 6.42 Å². The fourth-order valence-electron chi connectivity index (χ4n) is 5.46. The van der Waals surface area contributed by atoms with Crippen LogP contribution in [0.3, 0.4) is 0 Å². The van der Waals surface area contributed by atoms with Crippen molar-refractivity contribution < 1.29 is 19.4 Å². The lowest BCUT2D eigenvalue weighted by Crippen LogP contribution is -2.16.